The van der Waals surface area contributed by atoms with E-state index in [-0.39, 0.29) is 23.4 Å². The van der Waals surface area contributed by atoms with Gasteiger partial charge in [-0.1, -0.05) is 56.3 Å². The van der Waals surface area contributed by atoms with Crippen molar-refractivity contribution in [2.75, 3.05) is 24.5 Å². The molecule has 5 aromatic rings. The normalized spacial score (nSPS) is 15.3. The van der Waals surface area contributed by atoms with Gasteiger partial charge in [0.15, 0.2) is 0 Å². The summed E-state index contributed by atoms with van der Waals surface area (Å²) < 4.78 is 1.66. The van der Waals surface area contributed by atoms with Crippen LogP contribution in [-0.4, -0.2) is 51.2 Å². The number of nitrogens with zero attached hydrogens (tertiary/aromatic N) is 5. The lowest BCUT2D eigenvalue weighted by Crippen LogP contribution is -2.54. The fourth-order valence-electron chi connectivity index (χ4n) is 6.16. The highest BCUT2D eigenvalue weighted by molar-refractivity contribution is 6.34. The maximum absolute atomic E-state index is 14.4. The predicted molar refractivity (Wildman–Crippen MR) is 172 cm³/mol. The number of nitrogens with one attached hydrogen (secondary N) is 1. The van der Waals surface area contributed by atoms with E-state index in [2.05, 4.69) is 41.6 Å². The predicted octanol–water partition coefficient (Wildman–Crippen LogP) is 6.41. The highest BCUT2D eigenvalue weighted by Gasteiger charge is 2.31. The molecule has 1 aliphatic heterocycles. The van der Waals surface area contributed by atoms with Crippen LogP contribution >= 0.6 is 11.6 Å². The molecule has 9 heteroatoms. The lowest BCUT2D eigenvalue weighted by molar-refractivity contribution is -0.126. The minimum Gasteiger partial charge on any atom is -0.363 e. The van der Waals surface area contributed by atoms with Gasteiger partial charge in [-0.05, 0) is 60.4 Å². The minimum atomic E-state index is -0.395. The molecule has 3 heterocycles. The second-order valence-electron chi connectivity index (χ2n) is 11.2. The van der Waals surface area contributed by atoms with Crippen LogP contribution in [0.5, 0.6) is 0 Å². The van der Waals surface area contributed by atoms with Gasteiger partial charge in [-0.2, -0.15) is 10.4 Å². The summed E-state index contributed by atoms with van der Waals surface area (Å²) >= 11 is 7.03. The van der Waals surface area contributed by atoms with Crippen LogP contribution in [0.15, 0.2) is 78.2 Å². The summed E-state index contributed by atoms with van der Waals surface area (Å²) in [7, 11) is 0. The first kappa shape index (κ1) is 28.3. The Morgan fingerprint density at radius 1 is 1.19 bits per heavy atom. The highest BCUT2D eigenvalue weighted by atomic mass is 35.5. The molecule has 1 aliphatic rings. The number of benzene rings is 3. The molecule has 0 aliphatic carbocycles. The van der Waals surface area contributed by atoms with Crippen molar-refractivity contribution in [2.45, 2.75) is 32.7 Å². The van der Waals surface area contributed by atoms with Gasteiger partial charge in [0.25, 0.3) is 5.56 Å². The first-order chi connectivity index (χ1) is 20.7. The summed E-state index contributed by atoms with van der Waals surface area (Å²) in [5.41, 5.74) is 5.11. The Labute approximate surface area is 254 Å². The maximum atomic E-state index is 14.4. The number of amides is 1. The van der Waals surface area contributed by atoms with Crippen molar-refractivity contribution in [1.82, 2.24) is 19.7 Å². The van der Waals surface area contributed by atoms with Crippen LogP contribution in [0, 0.1) is 11.3 Å². The summed E-state index contributed by atoms with van der Waals surface area (Å²) in [6.07, 6.45) is 3.08. The van der Waals surface area contributed by atoms with E-state index in [4.69, 9.17) is 11.6 Å². The van der Waals surface area contributed by atoms with Crippen molar-refractivity contribution in [2.24, 2.45) is 0 Å². The Morgan fingerprint density at radius 2 is 1.98 bits per heavy atom. The molecule has 1 N–H and O–H groups in total. The molecule has 216 valence electrons. The number of aromatic nitrogens is 3. The molecule has 1 fully saturated rings. The topological polar surface area (TPSA) is 98.0 Å². The van der Waals surface area contributed by atoms with E-state index in [1.807, 2.05) is 61.5 Å². The van der Waals surface area contributed by atoms with E-state index < -0.39 is 5.56 Å². The maximum Gasteiger partial charge on any atom is 0.275 e. The van der Waals surface area contributed by atoms with Gasteiger partial charge in [-0.25, -0.2) is 0 Å². The molecule has 6 rings (SSSR count). The van der Waals surface area contributed by atoms with E-state index in [0.717, 1.165) is 33.3 Å². The number of rotatable bonds is 5. The van der Waals surface area contributed by atoms with Crippen LogP contribution in [0.2, 0.25) is 5.02 Å². The SMILES string of the molecule is C=CC(=O)N1CCN(c2c(C#N)c(=O)n(-c3ccccc3C(C)C)c3cc(-c4ccc5[nH]ncc5c4)c(Cl)cc23)[C@@H](C)C1. The number of hydrogen-bond acceptors (Lipinski definition) is 5. The molecular weight excluding hydrogens is 560 g/mol. The van der Waals surface area contributed by atoms with Crippen molar-refractivity contribution in [3.8, 4) is 22.9 Å². The molecule has 43 heavy (non-hydrogen) atoms. The van der Waals surface area contributed by atoms with Crippen LogP contribution in [-0.2, 0) is 4.79 Å². The van der Waals surface area contributed by atoms with Crippen LogP contribution < -0.4 is 10.5 Å². The number of carbonyl (C=O) groups is 1. The number of anilines is 1. The summed E-state index contributed by atoms with van der Waals surface area (Å²) in [5, 5.41) is 19.7. The van der Waals surface area contributed by atoms with E-state index in [0.29, 0.717) is 41.2 Å². The zero-order valence-electron chi connectivity index (χ0n) is 24.3. The summed E-state index contributed by atoms with van der Waals surface area (Å²) in [4.78, 5) is 30.6. The standard InChI is InChI=1S/C34H31ClN6O2/c1-5-32(42)39-12-13-40(21(4)19-39)33-26-15-28(35)25(22-10-11-29-23(14-22)18-37-38-29)16-31(26)41(34(43)27(33)17-36)30-9-7-6-8-24(30)20(2)3/h5-11,14-16,18,20-21H,1,12-13,19H2,2-4H3,(H,37,38)/t21-/m0/s1. The van der Waals surface area contributed by atoms with Crippen LogP contribution in [0.3, 0.4) is 0 Å². The average molecular weight is 591 g/mol. The first-order valence-electron chi connectivity index (χ1n) is 14.3. The molecule has 1 atom stereocenters. The van der Waals surface area contributed by atoms with Gasteiger partial charge >= 0.3 is 0 Å². The molecule has 2 aromatic heterocycles. The van der Waals surface area contributed by atoms with E-state index >= 15 is 0 Å². The average Bonchev–Trinajstić information content (AvgIpc) is 3.48. The monoisotopic (exact) mass is 590 g/mol. The first-order valence-corrected chi connectivity index (χ1v) is 14.6. The number of piperazine rings is 1. The highest BCUT2D eigenvalue weighted by Crippen LogP contribution is 2.40. The van der Waals surface area contributed by atoms with Gasteiger partial charge in [-0.15, -0.1) is 0 Å². The van der Waals surface area contributed by atoms with Crippen molar-refractivity contribution in [1.29, 1.82) is 5.26 Å². The van der Waals surface area contributed by atoms with Gasteiger partial charge in [0.1, 0.15) is 11.6 Å². The Bertz CT molecular complexity index is 2020. The fraction of sp³-hybridized carbons (Fsp3) is 0.235. The largest absolute Gasteiger partial charge is 0.363 e. The zero-order valence-corrected chi connectivity index (χ0v) is 25.0. The number of fused-ring (bicyclic) bond motifs is 2. The quantitative estimate of drug-likeness (QED) is 0.239. The summed E-state index contributed by atoms with van der Waals surface area (Å²) in [6, 6.07) is 19.6. The van der Waals surface area contributed by atoms with Crippen molar-refractivity contribution >= 4 is 45.0 Å². The van der Waals surface area contributed by atoms with E-state index in [1.165, 1.54) is 6.08 Å². The number of pyridine rings is 1. The minimum absolute atomic E-state index is 0.0463. The van der Waals surface area contributed by atoms with Gasteiger partial charge in [0.05, 0.1) is 28.6 Å². The third kappa shape index (κ3) is 4.76. The number of halogens is 1. The Morgan fingerprint density at radius 3 is 2.70 bits per heavy atom. The molecule has 3 aromatic carbocycles. The molecule has 0 spiro atoms. The number of para-hydroxylation sites is 1. The van der Waals surface area contributed by atoms with Crippen molar-refractivity contribution in [3.63, 3.8) is 0 Å². The van der Waals surface area contributed by atoms with Gasteiger partial charge in [0.2, 0.25) is 5.91 Å². The molecule has 0 bridgehead atoms. The van der Waals surface area contributed by atoms with Crippen molar-refractivity contribution < 1.29 is 4.79 Å². The Hall–Kier alpha value is -4.87. The Kier molecular flexibility index (Phi) is 7.28. The molecule has 0 saturated carbocycles. The van der Waals surface area contributed by atoms with Gasteiger partial charge in [0, 0.05) is 47.0 Å². The third-order valence-corrected chi connectivity index (χ3v) is 8.61. The smallest absolute Gasteiger partial charge is 0.275 e. The fourth-order valence-corrected chi connectivity index (χ4v) is 6.43. The number of H-pyrrole nitrogens is 1. The second-order valence-corrected chi connectivity index (χ2v) is 11.6. The van der Waals surface area contributed by atoms with E-state index in [9.17, 15) is 14.9 Å². The molecule has 1 saturated heterocycles. The summed E-state index contributed by atoms with van der Waals surface area (Å²) in [5.74, 6) is -0.00557. The summed E-state index contributed by atoms with van der Waals surface area (Å²) in [6.45, 7) is 11.1. The Balaban J connectivity index is 1.67. The van der Waals surface area contributed by atoms with Crippen molar-refractivity contribution in [3.05, 3.63) is 100.0 Å². The lowest BCUT2D eigenvalue weighted by Gasteiger charge is -2.41. The van der Waals surface area contributed by atoms with Crippen LogP contribution in [0.1, 0.15) is 37.8 Å². The van der Waals surface area contributed by atoms with Gasteiger partial charge < -0.3 is 9.80 Å². The lowest BCUT2D eigenvalue weighted by atomic mass is 9.97. The zero-order chi connectivity index (χ0) is 30.4. The third-order valence-electron chi connectivity index (χ3n) is 8.30. The molecular formula is C34H31ClN6O2. The molecule has 1 amide bonds. The van der Waals surface area contributed by atoms with Gasteiger partial charge in [-0.3, -0.25) is 19.3 Å². The van der Waals surface area contributed by atoms with E-state index in [1.54, 1.807) is 15.7 Å². The second kappa shape index (κ2) is 11.1. The number of aromatic amines is 1. The van der Waals surface area contributed by atoms with Crippen LogP contribution in [0.4, 0.5) is 5.69 Å². The number of carbonyl (C=O) groups excluding carboxylic acids is 1. The molecule has 8 nitrogen and oxygen atoms in total. The molecule has 0 unspecified atom stereocenters. The molecule has 0 radical (unpaired) electrons. The van der Waals surface area contributed by atoms with Crippen LogP contribution in [0.25, 0.3) is 38.6 Å². The number of nitriles is 1. The number of hydrogen-bond donors (Lipinski definition) is 1.